The number of para-hydroxylation sites is 1. The van der Waals surface area contributed by atoms with E-state index in [9.17, 15) is 19.2 Å². The average Bonchev–Trinajstić information content (AvgIpc) is 3.13. The Hall–Kier alpha value is -3.68. The molecule has 0 fully saturated rings. The first-order chi connectivity index (χ1) is 16.0. The minimum absolute atomic E-state index is 0.0862. The van der Waals surface area contributed by atoms with E-state index in [-0.39, 0.29) is 36.7 Å². The number of fused-ring (bicyclic) bond motifs is 5. The first-order valence-electron chi connectivity index (χ1n) is 11.2. The topological polar surface area (TPSA) is 96.0 Å². The Morgan fingerprint density at radius 1 is 0.909 bits per heavy atom. The van der Waals surface area contributed by atoms with Crippen molar-refractivity contribution in [1.29, 1.82) is 0 Å². The fraction of sp³-hybridized carbons (Fsp3) is 0.360. The quantitative estimate of drug-likeness (QED) is 0.469. The number of carbonyl (C=O) groups excluding carboxylic acids is 4. The summed E-state index contributed by atoms with van der Waals surface area (Å²) >= 11 is 0. The van der Waals surface area contributed by atoms with E-state index in [1.807, 2.05) is 36.4 Å². The van der Waals surface area contributed by atoms with Crippen molar-refractivity contribution in [1.82, 2.24) is 10.2 Å². The van der Waals surface area contributed by atoms with E-state index in [4.69, 9.17) is 0 Å². The highest BCUT2D eigenvalue weighted by molar-refractivity contribution is 6.16. The van der Waals surface area contributed by atoms with Gasteiger partial charge in [0.05, 0.1) is 24.8 Å². The van der Waals surface area contributed by atoms with Gasteiger partial charge in [0.1, 0.15) is 6.17 Å². The number of nitrogens with zero attached hydrogens (tertiary/aromatic N) is 2. The summed E-state index contributed by atoms with van der Waals surface area (Å²) < 4.78 is 4.54. The van der Waals surface area contributed by atoms with Gasteiger partial charge < -0.3 is 15.0 Å². The molecule has 0 aromatic heterocycles. The summed E-state index contributed by atoms with van der Waals surface area (Å²) in [6.45, 7) is 0.748. The van der Waals surface area contributed by atoms with Gasteiger partial charge in [-0.1, -0.05) is 36.8 Å². The van der Waals surface area contributed by atoms with Crippen molar-refractivity contribution in [2.45, 2.75) is 38.3 Å². The van der Waals surface area contributed by atoms with Gasteiger partial charge in [0.15, 0.2) is 0 Å². The van der Waals surface area contributed by atoms with Gasteiger partial charge >= 0.3 is 5.97 Å². The molecule has 4 rings (SSSR count). The Kier molecular flexibility index (Phi) is 6.72. The lowest BCUT2D eigenvalue weighted by Gasteiger charge is -2.41. The second-order valence-corrected chi connectivity index (χ2v) is 8.14. The first-order valence-corrected chi connectivity index (χ1v) is 11.2. The van der Waals surface area contributed by atoms with E-state index in [0.29, 0.717) is 42.6 Å². The van der Waals surface area contributed by atoms with Gasteiger partial charge in [0, 0.05) is 30.6 Å². The van der Waals surface area contributed by atoms with Crippen LogP contribution in [0.5, 0.6) is 0 Å². The van der Waals surface area contributed by atoms with E-state index in [0.717, 1.165) is 12.0 Å². The number of carbonyl (C=O) groups is 4. The van der Waals surface area contributed by atoms with Crippen LogP contribution in [0.25, 0.3) is 0 Å². The number of hydrogen-bond donors (Lipinski definition) is 1. The largest absolute Gasteiger partial charge is 0.469 e. The summed E-state index contributed by atoms with van der Waals surface area (Å²) in [6.07, 6.45) is 2.21. The van der Waals surface area contributed by atoms with Gasteiger partial charge in [-0.3, -0.25) is 24.1 Å². The zero-order valence-electron chi connectivity index (χ0n) is 18.6. The molecule has 0 spiro atoms. The van der Waals surface area contributed by atoms with Crippen LogP contribution < -0.4 is 10.2 Å². The second kappa shape index (κ2) is 9.85. The standard InChI is InChI=1S/C25H27N3O5/c1-33-22(30)14-15-26-21(29)13-3-2-8-16-27-23-17-9-4-5-10-18(17)25(32)28(23)20-12-7-6-11-19(20)24(27)31/h4-7,9-12,23H,2-3,8,13-16H2,1H3,(H,26,29)/t23-/m1/s1. The van der Waals surface area contributed by atoms with Gasteiger partial charge in [-0.15, -0.1) is 0 Å². The molecule has 0 aliphatic carbocycles. The number of rotatable bonds is 9. The monoisotopic (exact) mass is 449 g/mol. The van der Waals surface area contributed by atoms with Crippen molar-refractivity contribution in [2.24, 2.45) is 0 Å². The third kappa shape index (κ3) is 4.46. The molecule has 1 atom stereocenters. The molecule has 2 aromatic carbocycles. The summed E-state index contributed by atoms with van der Waals surface area (Å²) in [7, 11) is 1.31. The minimum Gasteiger partial charge on any atom is -0.469 e. The summed E-state index contributed by atoms with van der Waals surface area (Å²) in [4.78, 5) is 53.0. The zero-order chi connectivity index (χ0) is 23.4. The maximum absolute atomic E-state index is 13.3. The normalized spacial score (nSPS) is 16.2. The van der Waals surface area contributed by atoms with Crippen molar-refractivity contribution >= 4 is 29.4 Å². The lowest BCUT2D eigenvalue weighted by molar-refractivity contribution is -0.140. The highest BCUT2D eigenvalue weighted by Crippen LogP contribution is 2.45. The molecule has 0 bridgehead atoms. The van der Waals surface area contributed by atoms with Crippen LogP contribution in [-0.2, 0) is 14.3 Å². The maximum atomic E-state index is 13.3. The van der Waals surface area contributed by atoms with Gasteiger partial charge in [-0.25, -0.2) is 0 Å². The number of esters is 1. The van der Waals surface area contributed by atoms with Gasteiger partial charge in [-0.05, 0) is 31.0 Å². The van der Waals surface area contributed by atoms with Crippen LogP contribution in [0.3, 0.4) is 0 Å². The smallest absolute Gasteiger partial charge is 0.307 e. The van der Waals surface area contributed by atoms with E-state index in [1.54, 1.807) is 21.9 Å². The molecular weight excluding hydrogens is 422 g/mol. The molecule has 0 saturated heterocycles. The van der Waals surface area contributed by atoms with E-state index in [2.05, 4.69) is 10.1 Å². The Balaban J connectivity index is 1.38. The Labute approximate surface area is 192 Å². The van der Waals surface area contributed by atoms with Gasteiger partial charge in [0.2, 0.25) is 5.91 Å². The van der Waals surface area contributed by atoms with Crippen LogP contribution in [0, 0.1) is 0 Å². The van der Waals surface area contributed by atoms with Crippen molar-refractivity contribution < 1.29 is 23.9 Å². The fourth-order valence-corrected chi connectivity index (χ4v) is 4.44. The van der Waals surface area contributed by atoms with Crippen molar-refractivity contribution in [3.63, 3.8) is 0 Å². The molecule has 2 aliphatic heterocycles. The summed E-state index contributed by atoms with van der Waals surface area (Å²) in [5, 5.41) is 2.70. The Morgan fingerprint density at radius 2 is 1.64 bits per heavy atom. The Bertz CT molecular complexity index is 1080. The molecule has 1 N–H and O–H groups in total. The third-order valence-corrected chi connectivity index (χ3v) is 6.06. The molecule has 8 nitrogen and oxygen atoms in total. The summed E-state index contributed by atoms with van der Waals surface area (Å²) in [6, 6.07) is 14.7. The first kappa shape index (κ1) is 22.5. The number of anilines is 1. The molecule has 3 amide bonds. The van der Waals surface area contributed by atoms with Crippen LogP contribution in [0.15, 0.2) is 48.5 Å². The van der Waals surface area contributed by atoms with Gasteiger partial charge in [0.25, 0.3) is 11.8 Å². The number of hydrogen-bond acceptors (Lipinski definition) is 5. The SMILES string of the molecule is COC(=O)CCNC(=O)CCCCCN1C(=O)c2ccccc2N2C(=O)c3ccccc3[C@H]12. The molecule has 0 unspecified atom stereocenters. The van der Waals surface area contributed by atoms with E-state index >= 15 is 0 Å². The lowest BCUT2D eigenvalue weighted by Crippen LogP contribution is -2.48. The van der Waals surface area contributed by atoms with Crippen LogP contribution in [0.2, 0.25) is 0 Å². The molecule has 0 radical (unpaired) electrons. The molecule has 0 saturated carbocycles. The van der Waals surface area contributed by atoms with Crippen LogP contribution in [0.4, 0.5) is 5.69 Å². The molecule has 172 valence electrons. The third-order valence-electron chi connectivity index (χ3n) is 6.06. The molecule has 2 aliphatic rings. The predicted octanol–water partition coefficient (Wildman–Crippen LogP) is 3.04. The zero-order valence-corrected chi connectivity index (χ0v) is 18.6. The number of ether oxygens (including phenoxy) is 1. The van der Waals surface area contributed by atoms with Crippen LogP contribution in [0.1, 0.15) is 64.5 Å². The predicted molar refractivity (Wildman–Crippen MR) is 122 cm³/mol. The molecule has 2 aromatic rings. The van der Waals surface area contributed by atoms with Crippen LogP contribution >= 0.6 is 0 Å². The minimum atomic E-state index is -0.447. The fourth-order valence-electron chi connectivity index (χ4n) is 4.44. The summed E-state index contributed by atoms with van der Waals surface area (Å²) in [5.41, 5.74) is 2.64. The number of amides is 3. The van der Waals surface area contributed by atoms with E-state index < -0.39 is 6.17 Å². The van der Waals surface area contributed by atoms with Crippen molar-refractivity contribution in [3.05, 3.63) is 65.2 Å². The maximum Gasteiger partial charge on any atom is 0.307 e. The summed E-state index contributed by atoms with van der Waals surface area (Å²) in [5.74, 6) is -0.645. The van der Waals surface area contributed by atoms with Crippen LogP contribution in [-0.4, -0.2) is 48.8 Å². The molecular formula is C25H27N3O5. The number of methoxy groups -OCH3 is 1. The van der Waals surface area contributed by atoms with Crippen molar-refractivity contribution in [3.8, 4) is 0 Å². The number of nitrogens with one attached hydrogen (secondary N) is 1. The highest BCUT2D eigenvalue weighted by Gasteiger charge is 2.47. The number of unbranched alkanes of at least 4 members (excludes halogenated alkanes) is 2. The molecule has 8 heteroatoms. The van der Waals surface area contributed by atoms with E-state index in [1.165, 1.54) is 7.11 Å². The highest BCUT2D eigenvalue weighted by atomic mass is 16.5. The second-order valence-electron chi connectivity index (χ2n) is 8.14. The average molecular weight is 450 g/mol. The Morgan fingerprint density at radius 3 is 2.42 bits per heavy atom. The van der Waals surface area contributed by atoms with Gasteiger partial charge in [-0.2, -0.15) is 0 Å². The lowest BCUT2D eigenvalue weighted by atomic mass is 10.0. The molecule has 2 heterocycles. The van der Waals surface area contributed by atoms with Crippen molar-refractivity contribution in [2.75, 3.05) is 25.1 Å². The molecule has 33 heavy (non-hydrogen) atoms. The number of benzene rings is 2.